The number of esters is 1. The monoisotopic (exact) mass is 483 g/mol. The Labute approximate surface area is 215 Å². The summed E-state index contributed by atoms with van der Waals surface area (Å²) in [6.07, 6.45) is 3.48. The van der Waals surface area contributed by atoms with Gasteiger partial charge in [-0.2, -0.15) is 0 Å². The summed E-state index contributed by atoms with van der Waals surface area (Å²) in [4.78, 5) is 28.3. The third-order valence-corrected chi connectivity index (χ3v) is 7.63. The predicted octanol–water partition coefficient (Wildman–Crippen LogP) is 7.23. The maximum Gasteiger partial charge on any atom is 0.338 e. The van der Waals surface area contributed by atoms with Crippen LogP contribution in [0.2, 0.25) is 0 Å². The van der Waals surface area contributed by atoms with Crippen LogP contribution in [0, 0.1) is 18.8 Å². The van der Waals surface area contributed by atoms with Crippen molar-refractivity contribution in [3.63, 3.8) is 0 Å². The molecule has 4 nitrogen and oxygen atoms in total. The fraction of sp³-hybridized carbons (Fsp3) is 0.375. The van der Waals surface area contributed by atoms with Gasteiger partial charge in [-0.1, -0.05) is 79.2 Å². The van der Waals surface area contributed by atoms with E-state index in [9.17, 15) is 9.59 Å². The number of benzene rings is 3. The van der Waals surface area contributed by atoms with Gasteiger partial charge in [0.05, 0.1) is 11.6 Å². The van der Waals surface area contributed by atoms with Crippen LogP contribution in [0.3, 0.4) is 0 Å². The standard InChI is InChI=1S/C32H37NO3/c1-22-10-14-25(15-11-22)26-18-20-29(21-19-26)32(35)36-30(27-8-6-5-7-9-27)24(3)33(4)31(34)28-16-12-23(2)13-17-28/h5-11,14-15,18-21,23-24,28,30H,12-13,16-17H2,1-4H3. The first-order valence-electron chi connectivity index (χ1n) is 13.0. The van der Waals surface area contributed by atoms with Gasteiger partial charge >= 0.3 is 5.97 Å². The minimum Gasteiger partial charge on any atom is -0.452 e. The molecule has 4 rings (SSSR count). The maximum absolute atomic E-state index is 13.3. The Kier molecular flexibility index (Phi) is 8.25. The molecule has 0 aliphatic heterocycles. The molecule has 3 aromatic carbocycles. The average Bonchev–Trinajstić information content (AvgIpc) is 2.92. The van der Waals surface area contributed by atoms with Crippen LogP contribution in [0.5, 0.6) is 0 Å². The van der Waals surface area contributed by atoms with Crippen LogP contribution in [0.25, 0.3) is 11.1 Å². The molecule has 0 bridgehead atoms. The SMILES string of the molecule is Cc1ccc(-c2ccc(C(=O)OC(c3ccccc3)C(C)N(C)C(=O)C3CCC(C)CC3)cc2)cc1. The molecule has 1 aliphatic rings. The van der Waals surface area contributed by atoms with E-state index in [0.29, 0.717) is 11.5 Å². The second kappa shape index (κ2) is 11.6. The first-order valence-corrected chi connectivity index (χ1v) is 13.0. The van der Waals surface area contributed by atoms with Gasteiger partial charge in [-0.25, -0.2) is 4.79 Å². The third-order valence-electron chi connectivity index (χ3n) is 7.63. The molecule has 2 atom stereocenters. The summed E-state index contributed by atoms with van der Waals surface area (Å²) >= 11 is 0. The topological polar surface area (TPSA) is 46.6 Å². The van der Waals surface area contributed by atoms with Gasteiger partial charge in [-0.15, -0.1) is 0 Å². The molecule has 2 unspecified atom stereocenters. The van der Waals surface area contributed by atoms with Crippen molar-refractivity contribution in [1.29, 1.82) is 0 Å². The molecule has 0 spiro atoms. The lowest BCUT2D eigenvalue weighted by Crippen LogP contribution is -2.44. The first kappa shape index (κ1) is 25.7. The van der Waals surface area contributed by atoms with Crippen molar-refractivity contribution in [3.05, 3.63) is 95.6 Å². The number of likely N-dealkylation sites (N-methyl/N-ethyl adjacent to an activating group) is 1. The molecule has 3 aromatic rings. The quantitative estimate of drug-likeness (QED) is 0.333. The summed E-state index contributed by atoms with van der Waals surface area (Å²) in [7, 11) is 1.84. The second-order valence-corrected chi connectivity index (χ2v) is 10.3. The average molecular weight is 484 g/mol. The molecule has 4 heteroatoms. The summed E-state index contributed by atoms with van der Waals surface area (Å²) in [6.45, 7) is 6.29. The molecule has 188 valence electrons. The Morgan fingerprint density at radius 3 is 1.97 bits per heavy atom. The lowest BCUT2D eigenvalue weighted by Gasteiger charge is -2.35. The molecule has 0 heterocycles. The Morgan fingerprint density at radius 2 is 1.39 bits per heavy atom. The van der Waals surface area contributed by atoms with Gasteiger partial charge in [0, 0.05) is 13.0 Å². The summed E-state index contributed by atoms with van der Waals surface area (Å²) in [6, 6.07) is 25.2. The molecule has 0 aromatic heterocycles. The first-order chi connectivity index (χ1) is 17.3. The third kappa shape index (κ3) is 6.04. The summed E-state index contributed by atoms with van der Waals surface area (Å²) in [5.41, 5.74) is 4.74. The van der Waals surface area contributed by atoms with E-state index in [-0.39, 0.29) is 17.9 Å². The smallest absolute Gasteiger partial charge is 0.338 e. The molecule has 0 radical (unpaired) electrons. The van der Waals surface area contributed by atoms with E-state index in [0.717, 1.165) is 42.4 Å². The van der Waals surface area contributed by atoms with Crippen molar-refractivity contribution in [2.45, 2.75) is 58.6 Å². The number of ether oxygens (including phenoxy) is 1. The van der Waals surface area contributed by atoms with Crippen LogP contribution in [0.15, 0.2) is 78.9 Å². The molecule has 0 N–H and O–H groups in total. The summed E-state index contributed by atoms with van der Waals surface area (Å²) < 4.78 is 6.09. The lowest BCUT2D eigenvalue weighted by molar-refractivity contribution is -0.139. The zero-order chi connectivity index (χ0) is 25.7. The minimum absolute atomic E-state index is 0.0510. The number of carbonyl (C=O) groups excluding carboxylic acids is 2. The van der Waals surface area contributed by atoms with Crippen molar-refractivity contribution in [2.75, 3.05) is 7.05 Å². The fourth-order valence-corrected chi connectivity index (χ4v) is 5.01. The number of rotatable bonds is 7. The Bertz CT molecular complexity index is 1150. The molecule has 1 fully saturated rings. The number of carbonyl (C=O) groups is 2. The van der Waals surface area contributed by atoms with Crippen molar-refractivity contribution in [3.8, 4) is 11.1 Å². The van der Waals surface area contributed by atoms with Gasteiger partial charge in [0.15, 0.2) is 0 Å². The van der Waals surface area contributed by atoms with Crippen LogP contribution in [-0.2, 0) is 9.53 Å². The van der Waals surface area contributed by atoms with Crippen molar-refractivity contribution in [1.82, 2.24) is 4.90 Å². The highest BCUT2D eigenvalue weighted by atomic mass is 16.5. The van der Waals surface area contributed by atoms with Gasteiger partial charge in [0.25, 0.3) is 0 Å². The Balaban J connectivity index is 1.50. The molecule has 0 saturated heterocycles. The van der Waals surface area contributed by atoms with E-state index >= 15 is 0 Å². The Morgan fingerprint density at radius 1 is 0.833 bits per heavy atom. The zero-order valence-corrected chi connectivity index (χ0v) is 21.8. The molecule has 1 saturated carbocycles. The predicted molar refractivity (Wildman–Crippen MR) is 145 cm³/mol. The highest BCUT2D eigenvalue weighted by Gasteiger charge is 2.33. The number of hydrogen-bond donors (Lipinski definition) is 0. The largest absolute Gasteiger partial charge is 0.452 e. The maximum atomic E-state index is 13.3. The van der Waals surface area contributed by atoms with Crippen molar-refractivity contribution < 1.29 is 14.3 Å². The van der Waals surface area contributed by atoms with Crippen LogP contribution in [-0.4, -0.2) is 29.9 Å². The Hall–Kier alpha value is -3.40. The highest BCUT2D eigenvalue weighted by Crippen LogP contribution is 2.32. The van der Waals surface area contributed by atoms with Crippen LogP contribution >= 0.6 is 0 Å². The van der Waals surface area contributed by atoms with E-state index in [1.54, 1.807) is 4.90 Å². The van der Waals surface area contributed by atoms with Crippen LogP contribution in [0.1, 0.15) is 67.1 Å². The summed E-state index contributed by atoms with van der Waals surface area (Å²) in [5.74, 6) is 0.495. The lowest BCUT2D eigenvalue weighted by atomic mass is 9.82. The van der Waals surface area contributed by atoms with Crippen molar-refractivity contribution in [2.24, 2.45) is 11.8 Å². The fourth-order valence-electron chi connectivity index (χ4n) is 5.01. The molecular weight excluding hydrogens is 446 g/mol. The normalized spacial score (nSPS) is 19.2. The molecule has 1 amide bonds. The molecule has 36 heavy (non-hydrogen) atoms. The van der Waals surface area contributed by atoms with Crippen LogP contribution < -0.4 is 0 Å². The molecule has 1 aliphatic carbocycles. The number of hydrogen-bond acceptors (Lipinski definition) is 3. The van der Waals surface area contributed by atoms with E-state index in [1.807, 2.05) is 68.6 Å². The van der Waals surface area contributed by atoms with Crippen molar-refractivity contribution >= 4 is 11.9 Å². The summed E-state index contributed by atoms with van der Waals surface area (Å²) in [5, 5.41) is 0. The van der Waals surface area contributed by atoms with E-state index in [2.05, 4.69) is 38.1 Å². The van der Waals surface area contributed by atoms with E-state index in [4.69, 9.17) is 4.74 Å². The second-order valence-electron chi connectivity index (χ2n) is 10.3. The minimum atomic E-state index is -0.563. The van der Waals surface area contributed by atoms with Gasteiger partial charge in [0.1, 0.15) is 6.10 Å². The van der Waals surface area contributed by atoms with E-state index in [1.165, 1.54) is 5.56 Å². The number of amides is 1. The van der Waals surface area contributed by atoms with Gasteiger partial charge in [-0.3, -0.25) is 4.79 Å². The van der Waals surface area contributed by atoms with Gasteiger partial charge < -0.3 is 9.64 Å². The molecular formula is C32H37NO3. The number of aryl methyl sites for hydroxylation is 1. The van der Waals surface area contributed by atoms with Crippen LogP contribution in [0.4, 0.5) is 0 Å². The van der Waals surface area contributed by atoms with E-state index < -0.39 is 12.1 Å². The zero-order valence-electron chi connectivity index (χ0n) is 21.8. The van der Waals surface area contributed by atoms with Gasteiger partial charge in [-0.05, 0) is 74.3 Å². The van der Waals surface area contributed by atoms with Gasteiger partial charge in [0.2, 0.25) is 5.91 Å². The highest BCUT2D eigenvalue weighted by molar-refractivity contribution is 5.90. The number of nitrogens with zero attached hydrogens (tertiary/aromatic N) is 1.